The van der Waals surface area contributed by atoms with Gasteiger partial charge in [-0.15, -0.1) is 8.58 Å². The van der Waals surface area contributed by atoms with E-state index in [4.69, 9.17) is 4.74 Å². The number of ether oxygens (including phenoxy) is 1. The molecule has 198 valence electrons. The van der Waals surface area contributed by atoms with Crippen LogP contribution < -0.4 is 4.74 Å². The van der Waals surface area contributed by atoms with Crippen LogP contribution in [0.15, 0.2) is 103 Å². The molecule has 0 saturated carbocycles. The molecule has 1 nitrogen and oxygen atoms in total. The van der Waals surface area contributed by atoms with Crippen LogP contribution >= 0.6 is 31.2 Å². The second-order valence-corrected chi connectivity index (χ2v) is 13.9. The zero-order valence-electron chi connectivity index (χ0n) is 22.8. The fraction of sp³-hybridized carbons (Fsp3) is 0.314. The van der Waals surface area contributed by atoms with Gasteiger partial charge in [0.15, 0.2) is 0 Å². The van der Waals surface area contributed by atoms with Crippen LogP contribution in [0.4, 0.5) is 0 Å². The Morgan fingerprint density at radius 2 is 1.29 bits per heavy atom. The van der Waals surface area contributed by atoms with Crippen LogP contribution in [0.3, 0.4) is 0 Å². The summed E-state index contributed by atoms with van der Waals surface area (Å²) in [5.41, 5.74) is 8.02. The molecule has 2 unspecified atom stereocenters. The highest BCUT2D eigenvalue weighted by atomic mass is 127. The molecule has 0 aromatic heterocycles. The zero-order valence-corrected chi connectivity index (χ0v) is 25.9. The molecule has 0 fully saturated rings. The summed E-state index contributed by atoms with van der Waals surface area (Å²) in [6.45, 7) is 5.29. The molecule has 4 aromatic carbocycles. The second-order valence-electron chi connectivity index (χ2n) is 10.1. The number of halogens is 1. The predicted octanol–water partition coefficient (Wildman–Crippen LogP) is 10.3. The Kier molecular flexibility index (Phi) is 11.3. The molecule has 0 amide bonds. The number of alkyl halides is 1. The molecule has 0 spiro atoms. The highest BCUT2D eigenvalue weighted by Gasteiger charge is 2.34. The lowest BCUT2D eigenvalue weighted by Crippen LogP contribution is -2.22. The van der Waals surface area contributed by atoms with E-state index in [1.165, 1.54) is 56.8 Å². The molecule has 38 heavy (non-hydrogen) atoms. The first-order valence-corrected chi connectivity index (χ1v) is 16.6. The van der Waals surface area contributed by atoms with Gasteiger partial charge in [-0.25, -0.2) is 0 Å². The van der Waals surface area contributed by atoms with Gasteiger partial charge in [-0.05, 0) is 47.1 Å². The molecule has 3 heteroatoms. The van der Waals surface area contributed by atoms with Crippen molar-refractivity contribution >= 4 is 31.2 Å². The highest BCUT2D eigenvalue weighted by Crippen LogP contribution is 2.53. The molecule has 2 atom stereocenters. The van der Waals surface area contributed by atoms with Gasteiger partial charge in [-0.3, -0.25) is 0 Å². The van der Waals surface area contributed by atoms with Crippen LogP contribution in [-0.4, -0.2) is 4.17 Å². The lowest BCUT2D eigenvalue weighted by atomic mass is 9.85. The van der Waals surface area contributed by atoms with E-state index in [2.05, 4.69) is 140 Å². The van der Waals surface area contributed by atoms with Crippen molar-refractivity contribution < 1.29 is 4.74 Å². The third kappa shape index (κ3) is 7.70. The SMILES string of the molecule is CCCCC(CC)(PCI)c1cc(Cc2ccccc2)cc(Cc2ccccc2)c1OCc1ccccc1. The lowest BCUT2D eigenvalue weighted by molar-refractivity contribution is 0.294. The third-order valence-corrected chi connectivity index (χ3v) is 10.2. The van der Waals surface area contributed by atoms with Crippen molar-refractivity contribution in [2.45, 2.75) is 64.1 Å². The quantitative estimate of drug-likeness (QED) is 0.0762. The van der Waals surface area contributed by atoms with Crippen LogP contribution in [0.5, 0.6) is 5.75 Å². The third-order valence-electron chi connectivity index (χ3n) is 7.42. The second kappa shape index (κ2) is 14.8. The molecule has 0 heterocycles. The minimum Gasteiger partial charge on any atom is -0.488 e. The summed E-state index contributed by atoms with van der Waals surface area (Å²) in [6, 6.07) is 37.3. The predicted molar refractivity (Wildman–Crippen MR) is 174 cm³/mol. The summed E-state index contributed by atoms with van der Waals surface area (Å²) in [5, 5.41) is 0.140. The Balaban J connectivity index is 1.87. The number of hydrogen-bond donors (Lipinski definition) is 0. The van der Waals surface area contributed by atoms with Crippen LogP contribution in [0.25, 0.3) is 0 Å². The van der Waals surface area contributed by atoms with Gasteiger partial charge in [0.25, 0.3) is 0 Å². The fourth-order valence-corrected chi connectivity index (χ4v) is 8.73. The Bertz CT molecular complexity index is 1240. The minimum atomic E-state index is 0.140. The highest BCUT2D eigenvalue weighted by molar-refractivity contribution is 14.1. The van der Waals surface area contributed by atoms with Gasteiger partial charge >= 0.3 is 0 Å². The smallest absolute Gasteiger partial charge is 0.127 e. The Labute approximate surface area is 245 Å². The summed E-state index contributed by atoms with van der Waals surface area (Å²) in [4.78, 5) is 0. The van der Waals surface area contributed by atoms with Crippen LogP contribution in [-0.2, 0) is 24.6 Å². The first-order chi connectivity index (χ1) is 18.7. The van der Waals surface area contributed by atoms with E-state index in [0.29, 0.717) is 6.61 Å². The van der Waals surface area contributed by atoms with Gasteiger partial charge in [0, 0.05) is 21.3 Å². The van der Waals surface area contributed by atoms with Gasteiger partial charge in [0.05, 0.1) is 0 Å². The molecule has 0 bridgehead atoms. The van der Waals surface area contributed by atoms with E-state index in [0.717, 1.165) is 33.6 Å². The number of unbranched alkanes of at least 4 members (excludes halogenated alkanes) is 1. The van der Waals surface area contributed by atoms with Crippen LogP contribution in [0.1, 0.15) is 72.9 Å². The van der Waals surface area contributed by atoms with Crippen LogP contribution in [0.2, 0.25) is 0 Å². The van der Waals surface area contributed by atoms with Crippen molar-refractivity contribution in [3.8, 4) is 5.75 Å². The van der Waals surface area contributed by atoms with E-state index in [9.17, 15) is 0 Å². The van der Waals surface area contributed by atoms with E-state index >= 15 is 0 Å². The molecule has 0 aliphatic heterocycles. The maximum atomic E-state index is 6.87. The van der Waals surface area contributed by atoms with E-state index in [1.807, 2.05) is 0 Å². The number of hydrogen-bond acceptors (Lipinski definition) is 1. The molecule has 4 aromatic rings. The number of benzene rings is 4. The first kappa shape index (κ1) is 28.8. The fourth-order valence-electron chi connectivity index (χ4n) is 5.31. The summed E-state index contributed by atoms with van der Waals surface area (Å²) >= 11 is 2.58. The van der Waals surface area contributed by atoms with Crippen molar-refractivity contribution in [1.82, 2.24) is 0 Å². The summed E-state index contributed by atoms with van der Waals surface area (Å²) in [7, 11) is 0.866. The van der Waals surface area contributed by atoms with E-state index in [1.54, 1.807) is 0 Å². The normalized spacial score (nSPS) is 13.0. The average Bonchev–Trinajstić information content (AvgIpc) is 2.96. The largest absolute Gasteiger partial charge is 0.488 e. The van der Waals surface area contributed by atoms with Crippen molar-refractivity contribution in [1.29, 1.82) is 0 Å². The monoisotopic (exact) mass is 634 g/mol. The molecular weight excluding hydrogens is 594 g/mol. The average molecular weight is 635 g/mol. The lowest BCUT2D eigenvalue weighted by Gasteiger charge is -2.36. The molecule has 0 saturated heterocycles. The molecule has 0 radical (unpaired) electrons. The zero-order chi connectivity index (χ0) is 26.6. The van der Waals surface area contributed by atoms with Crippen molar-refractivity contribution in [3.63, 3.8) is 0 Å². The molecule has 0 N–H and O–H groups in total. The van der Waals surface area contributed by atoms with Gasteiger partial charge in [0.2, 0.25) is 0 Å². The summed E-state index contributed by atoms with van der Waals surface area (Å²) in [5.74, 6) is 1.12. The maximum Gasteiger partial charge on any atom is 0.127 e. The van der Waals surface area contributed by atoms with Crippen molar-refractivity contribution in [2.24, 2.45) is 0 Å². The van der Waals surface area contributed by atoms with Crippen molar-refractivity contribution in [3.05, 3.63) is 137 Å². The van der Waals surface area contributed by atoms with Crippen LogP contribution in [0, 0.1) is 0 Å². The topological polar surface area (TPSA) is 9.23 Å². The standard InChI is InChI=1S/C35H40IOP/c1-3-5-21-35(4-2,38-27-36)33-25-31(22-28-15-9-6-10-16-28)24-32(23-29-17-11-7-12-18-29)34(33)37-26-30-19-13-8-14-20-30/h6-20,24-25,38H,3-5,21-23,26-27H2,1-2H3. The van der Waals surface area contributed by atoms with Crippen molar-refractivity contribution in [2.75, 3.05) is 4.17 Å². The van der Waals surface area contributed by atoms with Gasteiger partial charge < -0.3 is 4.74 Å². The molecule has 0 aliphatic carbocycles. The van der Waals surface area contributed by atoms with E-state index < -0.39 is 0 Å². The van der Waals surface area contributed by atoms with Gasteiger partial charge in [-0.2, -0.15) is 0 Å². The maximum absolute atomic E-state index is 6.87. The summed E-state index contributed by atoms with van der Waals surface area (Å²) < 4.78 is 8.04. The van der Waals surface area contributed by atoms with Gasteiger partial charge in [-0.1, -0.05) is 152 Å². The Morgan fingerprint density at radius 1 is 0.711 bits per heavy atom. The van der Waals surface area contributed by atoms with E-state index in [-0.39, 0.29) is 5.16 Å². The molecule has 0 aliphatic rings. The Morgan fingerprint density at radius 3 is 1.84 bits per heavy atom. The minimum absolute atomic E-state index is 0.140. The Hall–Kier alpha value is -2.16. The number of rotatable bonds is 14. The van der Waals surface area contributed by atoms with Gasteiger partial charge in [0.1, 0.15) is 12.4 Å². The summed E-state index contributed by atoms with van der Waals surface area (Å²) in [6.07, 6.45) is 6.62. The molecule has 4 rings (SSSR count). The first-order valence-electron chi connectivity index (χ1n) is 13.9. The molecular formula is C35H40IOP.